The highest BCUT2D eigenvalue weighted by Gasteiger charge is 2.37. The molecular formula is C17H30N2O3Si. The summed E-state index contributed by atoms with van der Waals surface area (Å²) < 4.78 is 13.5. The van der Waals surface area contributed by atoms with Gasteiger partial charge >= 0.3 is 5.97 Å². The van der Waals surface area contributed by atoms with E-state index in [-0.39, 0.29) is 16.9 Å². The number of rotatable bonds is 5. The third-order valence-electron chi connectivity index (χ3n) is 5.18. The highest BCUT2D eigenvalue weighted by molar-refractivity contribution is 6.74. The summed E-state index contributed by atoms with van der Waals surface area (Å²) in [5, 5.41) is 4.65. The Morgan fingerprint density at radius 2 is 2.13 bits per heavy atom. The first-order chi connectivity index (χ1) is 10.7. The van der Waals surface area contributed by atoms with E-state index >= 15 is 0 Å². The quantitative estimate of drug-likeness (QED) is 0.609. The van der Waals surface area contributed by atoms with Crippen LogP contribution < -0.4 is 0 Å². The molecule has 0 saturated heterocycles. The first-order valence-electron chi connectivity index (χ1n) is 8.50. The van der Waals surface area contributed by atoms with Crippen LogP contribution in [-0.2, 0) is 33.5 Å². The van der Waals surface area contributed by atoms with Gasteiger partial charge in [-0.3, -0.25) is 9.48 Å². The van der Waals surface area contributed by atoms with Crippen LogP contribution in [0.25, 0.3) is 0 Å². The highest BCUT2D eigenvalue weighted by atomic mass is 28.4. The molecule has 0 aliphatic carbocycles. The summed E-state index contributed by atoms with van der Waals surface area (Å²) in [6, 6.07) is 0. The molecule has 1 aliphatic heterocycles. The van der Waals surface area contributed by atoms with Crippen molar-refractivity contribution in [2.24, 2.45) is 5.92 Å². The lowest BCUT2D eigenvalue weighted by atomic mass is 9.95. The molecule has 0 spiro atoms. The molecule has 2 heterocycles. The number of carbonyl (C=O) groups excluding carboxylic acids is 1. The molecule has 23 heavy (non-hydrogen) atoms. The largest absolute Gasteiger partial charge is 0.466 e. The third kappa shape index (κ3) is 4.04. The van der Waals surface area contributed by atoms with Gasteiger partial charge in [0.2, 0.25) is 0 Å². The van der Waals surface area contributed by atoms with E-state index < -0.39 is 8.32 Å². The Hall–Kier alpha value is -1.14. The summed E-state index contributed by atoms with van der Waals surface area (Å²) in [4.78, 5) is 12.0. The van der Waals surface area contributed by atoms with Crippen LogP contribution in [0.5, 0.6) is 0 Å². The highest BCUT2D eigenvalue weighted by Crippen LogP contribution is 2.37. The van der Waals surface area contributed by atoms with Gasteiger partial charge in [0.15, 0.2) is 8.32 Å². The lowest BCUT2D eigenvalue weighted by Gasteiger charge is -2.36. The zero-order chi connectivity index (χ0) is 17.3. The summed E-state index contributed by atoms with van der Waals surface area (Å²) >= 11 is 0. The van der Waals surface area contributed by atoms with Crippen molar-refractivity contribution in [3.05, 3.63) is 17.5 Å². The molecular weight excluding hydrogens is 308 g/mol. The van der Waals surface area contributed by atoms with Crippen molar-refractivity contribution in [2.45, 2.75) is 71.8 Å². The van der Waals surface area contributed by atoms with E-state index in [1.54, 1.807) is 0 Å². The fourth-order valence-electron chi connectivity index (χ4n) is 2.55. The molecule has 6 heteroatoms. The second-order valence-electron chi connectivity index (χ2n) is 7.83. The molecule has 5 nitrogen and oxygen atoms in total. The summed E-state index contributed by atoms with van der Waals surface area (Å²) in [5.74, 6) is -0.137. The third-order valence-corrected chi connectivity index (χ3v) is 9.66. The number of fused-ring (bicyclic) bond motifs is 1. The van der Waals surface area contributed by atoms with Crippen molar-refractivity contribution in [2.75, 3.05) is 6.61 Å². The van der Waals surface area contributed by atoms with Gasteiger partial charge in [-0.25, -0.2) is 0 Å². The minimum atomic E-state index is -1.79. The maximum Gasteiger partial charge on any atom is 0.309 e. The van der Waals surface area contributed by atoms with Gasteiger partial charge in [0.1, 0.15) is 0 Å². The predicted molar refractivity (Wildman–Crippen MR) is 92.7 cm³/mol. The van der Waals surface area contributed by atoms with Crippen molar-refractivity contribution in [3.8, 4) is 0 Å². The van der Waals surface area contributed by atoms with E-state index in [4.69, 9.17) is 9.16 Å². The molecule has 1 unspecified atom stereocenters. The zero-order valence-corrected chi connectivity index (χ0v) is 16.3. The monoisotopic (exact) mass is 338 g/mol. The number of aryl methyl sites for hydroxylation is 1. The number of ether oxygens (including phenoxy) is 1. The average Bonchev–Trinajstić information content (AvgIpc) is 2.86. The smallest absolute Gasteiger partial charge is 0.309 e. The predicted octanol–water partition coefficient (Wildman–Crippen LogP) is 3.53. The Morgan fingerprint density at radius 3 is 2.74 bits per heavy atom. The van der Waals surface area contributed by atoms with Gasteiger partial charge in [0.05, 0.1) is 25.3 Å². The summed E-state index contributed by atoms with van der Waals surface area (Å²) in [6.07, 6.45) is 3.40. The van der Waals surface area contributed by atoms with E-state index in [1.165, 1.54) is 0 Å². The van der Waals surface area contributed by atoms with E-state index in [0.29, 0.717) is 19.6 Å². The second-order valence-corrected chi connectivity index (χ2v) is 12.6. The van der Waals surface area contributed by atoms with Gasteiger partial charge in [-0.15, -0.1) is 0 Å². The standard InChI is InChI=1S/C17H30N2O3Si/c1-7-21-16(20)13-8-9-19-15(10-13)14(11-18-19)12-22-23(5,6)17(2,3)4/h11,13H,7-10,12H2,1-6H3. The molecule has 0 saturated carbocycles. The topological polar surface area (TPSA) is 53.4 Å². The number of carbonyl (C=O) groups is 1. The number of aromatic nitrogens is 2. The molecule has 2 rings (SSSR count). The van der Waals surface area contributed by atoms with Crippen LogP contribution in [0.4, 0.5) is 0 Å². The molecule has 1 aromatic heterocycles. The number of hydrogen-bond acceptors (Lipinski definition) is 4. The number of esters is 1. The molecule has 0 aromatic carbocycles. The zero-order valence-electron chi connectivity index (χ0n) is 15.3. The Morgan fingerprint density at radius 1 is 1.43 bits per heavy atom. The molecule has 0 fully saturated rings. The Bertz CT molecular complexity index is 561. The molecule has 0 radical (unpaired) electrons. The van der Waals surface area contributed by atoms with Crippen molar-refractivity contribution < 1.29 is 14.0 Å². The van der Waals surface area contributed by atoms with Crippen LogP contribution in [0.1, 0.15) is 45.4 Å². The Balaban J connectivity index is 2.07. The molecule has 0 bridgehead atoms. The SMILES string of the molecule is CCOC(=O)C1CCn2ncc(CO[Si](C)(C)C(C)(C)C)c2C1. The Kier molecular flexibility index (Phi) is 5.36. The average molecular weight is 339 g/mol. The van der Waals surface area contributed by atoms with Crippen LogP contribution in [0.15, 0.2) is 6.20 Å². The van der Waals surface area contributed by atoms with Gasteiger partial charge in [-0.1, -0.05) is 20.8 Å². The molecule has 0 amide bonds. The minimum Gasteiger partial charge on any atom is -0.466 e. The first-order valence-corrected chi connectivity index (χ1v) is 11.4. The van der Waals surface area contributed by atoms with Crippen molar-refractivity contribution in [1.29, 1.82) is 0 Å². The summed E-state index contributed by atoms with van der Waals surface area (Å²) in [5.41, 5.74) is 2.25. The van der Waals surface area contributed by atoms with Crippen LogP contribution >= 0.6 is 0 Å². The van der Waals surface area contributed by atoms with E-state index in [0.717, 1.165) is 24.2 Å². The normalized spacial score (nSPS) is 18.6. The summed E-state index contributed by atoms with van der Waals surface area (Å²) in [7, 11) is -1.79. The van der Waals surface area contributed by atoms with Crippen LogP contribution in [0.3, 0.4) is 0 Å². The van der Waals surface area contributed by atoms with Crippen LogP contribution in [-0.4, -0.2) is 30.7 Å². The first kappa shape index (κ1) is 18.2. The van der Waals surface area contributed by atoms with E-state index in [1.807, 2.05) is 17.8 Å². The maximum absolute atomic E-state index is 12.0. The maximum atomic E-state index is 12.0. The van der Waals surface area contributed by atoms with Crippen LogP contribution in [0, 0.1) is 5.92 Å². The second kappa shape index (κ2) is 6.77. The van der Waals surface area contributed by atoms with E-state index in [9.17, 15) is 4.79 Å². The number of nitrogens with zero attached hydrogens (tertiary/aromatic N) is 2. The molecule has 1 aromatic rings. The number of hydrogen-bond donors (Lipinski definition) is 0. The van der Waals surface area contributed by atoms with Gasteiger partial charge < -0.3 is 9.16 Å². The van der Waals surface area contributed by atoms with Crippen molar-refractivity contribution >= 4 is 14.3 Å². The fourth-order valence-corrected chi connectivity index (χ4v) is 3.50. The van der Waals surface area contributed by atoms with Gasteiger partial charge in [-0.2, -0.15) is 5.10 Å². The van der Waals surface area contributed by atoms with Gasteiger partial charge in [0, 0.05) is 24.2 Å². The molecule has 1 atom stereocenters. The summed E-state index contributed by atoms with van der Waals surface area (Å²) in [6.45, 7) is 14.9. The molecule has 130 valence electrons. The van der Waals surface area contributed by atoms with Crippen LogP contribution in [0.2, 0.25) is 18.1 Å². The van der Waals surface area contributed by atoms with Gasteiger partial charge in [-0.05, 0) is 31.5 Å². The van der Waals surface area contributed by atoms with Crippen molar-refractivity contribution in [1.82, 2.24) is 9.78 Å². The molecule has 0 N–H and O–H groups in total. The van der Waals surface area contributed by atoms with Gasteiger partial charge in [0.25, 0.3) is 0 Å². The lowest BCUT2D eigenvalue weighted by molar-refractivity contribution is -0.148. The molecule has 1 aliphatic rings. The Labute approximate surface area is 140 Å². The minimum absolute atomic E-state index is 0.0502. The van der Waals surface area contributed by atoms with Crippen molar-refractivity contribution in [3.63, 3.8) is 0 Å². The fraction of sp³-hybridized carbons (Fsp3) is 0.765. The van der Waals surface area contributed by atoms with E-state index in [2.05, 4.69) is 39.0 Å². The lowest BCUT2D eigenvalue weighted by Crippen LogP contribution is -2.40.